The fourth-order valence-corrected chi connectivity index (χ4v) is 1.47. The van der Waals surface area contributed by atoms with Gasteiger partial charge >= 0.3 is 0 Å². The Morgan fingerprint density at radius 3 is 2.75 bits per heavy atom. The molecule has 0 saturated heterocycles. The third kappa shape index (κ3) is 3.31. The Morgan fingerprint density at radius 1 is 1.56 bits per heavy atom. The van der Waals surface area contributed by atoms with Crippen molar-refractivity contribution in [2.75, 3.05) is 0 Å². The number of halogens is 1. The molecule has 0 bridgehead atoms. The van der Waals surface area contributed by atoms with Crippen molar-refractivity contribution in [2.45, 2.75) is 19.9 Å². The molecule has 1 N–H and O–H groups in total. The maximum Gasteiger partial charge on any atom is 0.253 e. The fraction of sp³-hybridized carbons (Fsp3) is 0.364. The third-order valence-electron chi connectivity index (χ3n) is 2.06. The molecule has 0 fully saturated rings. The van der Waals surface area contributed by atoms with E-state index in [1.807, 2.05) is 13.8 Å². The zero-order valence-electron chi connectivity index (χ0n) is 9.07. The van der Waals surface area contributed by atoms with Gasteiger partial charge in [0.25, 0.3) is 5.91 Å². The number of nitriles is 1. The average molecular weight is 282 g/mol. The normalized spacial score (nSPS) is 11.9. The van der Waals surface area contributed by atoms with Crippen molar-refractivity contribution in [2.24, 2.45) is 5.92 Å². The number of rotatable bonds is 3. The topological polar surface area (TPSA) is 65.8 Å². The van der Waals surface area contributed by atoms with E-state index in [1.165, 1.54) is 6.20 Å². The molecule has 1 aromatic heterocycles. The minimum absolute atomic E-state index is 0.0778. The lowest BCUT2D eigenvalue weighted by Crippen LogP contribution is -2.37. The number of amides is 1. The first-order chi connectivity index (χ1) is 7.54. The first-order valence-electron chi connectivity index (χ1n) is 4.85. The van der Waals surface area contributed by atoms with E-state index in [2.05, 4.69) is 32.3 Å². The van der Waals surface area contributed by atoms with Gasteiger partial charge in [0, 0.05) is 16.9 Å². The van der Waals surface area contributed by atoms with E-state index in [0.717, 1.165) is 4.47 Å². The van der Waals surface area contributed by atoms with Crippen molar-refractivity contribution in [3.63, 3.8) is 0 Å². The largest absolute Gasteiger partial charge is 0.336 e. The molecule has 1 aromatic rings. The van der Waals surface area contributed by atoms with Gasteiger partial charge in [-0.15, -0.1) is 0 Å². The molecule has 0 aliphatic carbocycles. The van der Waals surface area contributed by atoms with Gasteiger partial charge in [-0.1, -0.05) is 13.8 Å². The second kappa shape index (κ2) is 5.61. The number of hydrogen-bond acceptors (Lipinski definition) is 3. The zero-order valence-corrected chi connectivity index (χ0v) is 10.7. The quantitative estimate of drug-likeness (QED) is 0.923. The third-order valence-corrected chi connectivity index (χ3v) is 2.49. The summed E-state index contributed by atoms with van der Waals surface area (Å²) in [5.41, 5.74) is 0.440. The highest BCUT2D eigenvalue weighted by Crippen LogP contribution is 2.10. The Labute approximate surface area is 103 Å². The van der Waals surface area contributed by atoms with Crippen LogP contribution in [0.25, 0.3) is 0 Å². The predicted molar refractivity (Wildman–Crippen MR) is 63.6 cm³/mol. The van der Waals surface area contributed by atoms with Gasteiger partial charge in [0.15, 0.2) is 0 Å². The van der Waals surface area contributed by atoms with Crippen LogP contribution in [0.4, 0.5) is 0 Å². The molecule has 0 aliphatic rings. The SMILES string of the molecule is CC(C)C(C#N)NC(=O)c1cncc(Br)c1. The molecule has 84 valence electrons. The van der Waals surface area contributed by atoms with Crippen LogP contribution in [0.2, 0.25) is 0 Å². The van der Waals surface area contributed by atoms with Crippen LogP contribution in [-0.2, 0) is 0 Å². The summed E-state index contributed by atoms with van der Waals surface area (Å²) in [6, 6.07) is 3.24. The van der Waals surface area contributed by atoms with E-state index in [-0.39, 0.29) is 11.8 Å². The maximum absolute atomic E-state index is 11.7. The van der Waals surface area contributed by atoms with Crippen molar-refractivity contribution in [3.8, 4) is 6.07 Å². The van der Waals surface area contributed by atoms with Crippen molar-refractivity contribution >= 4 is 21.8 Å². The summed E-state index contributed by atoms with van der Waals surface area (Å²) in [6.45, 7) is 3.76. The first-order valence-corrected chi connectivity index (χ1v) is 5.65. The van der Waals surface area contributed by atoms with Crippen LogP contribution in [0.3, 0.4) is 0 Å². The van der Waals surface area contributed by atoms with Crippen molar-refractivity contribution in [1.82, 2.24) is 10.3 Å². The molecular weight excluding hydrogens is 270 g/mol. The monoisotopic (exact) mass is 281 g/mol. The van der Waals surface area contributed by atoms with Crippen molar-refractivity contribution < 1.29 is 4.79 Å². The molecule has 1 amide bonds. The number of carbonyl (C=O) groups is 1. The van der Waals surface area contributed by atoms with Crippen LogP contribution < -0.4 is 5.32 Å². The lowest BCUT2D eigenvalue weighted by Gasteiger charge is -2.14. The van der Waals surface area contributed by atoms with Crippen molar-refractivity contribution in [3.05, 3.63) is 28.5 Å². The Morgan fingerprint density at radius 2 is 2.25 bits per heavy atom. The average Bonchev–Trinajstić information content (AvgIpc) is 2.25. The van der Waals surface area contributed by atoms with Crippen LogP contribution in [0.1, 0.15) is 24.2 Å². The van der Waals surface area contributed by atoms with E-state index in [4.69, 9.17) is 5.26 Å². The van der Waals surface area contributed by atoms with Gasteiger partial charge in [-0.25, -0.2) is 0 Å². The minimum Gasteiger partial charge on any atom is -0.336 e. The summed E-state index contributed by atoms with van der Waals surface area (Å²) < 4.78 is 0.734. The Bertz CT molecular complexity index is 425. The summed E-state index contributed by atoms with van der Waals surface area (Å²) >= 11 is 3.24. The summed E-state index contributed by atoms with van der Waals surface area (Å²) in [6.07, 6.45) is 3.07. The number of nitrogens with one attached hydrogen (secondary N) is 1. The van der Waals surface area contributed by atoms with Gasteiger partial charge < -0.3 is 5.32 Å². The molecule has 1 unspecified atom stereocenters. The van der Waals surface area contributed by atoms with Gasteiger partial charge in [-0.2, -0.15) is 5.26 Å². The van der Waals surface area contributed by atoms with E-state index in [9.17, 15) is 4.79 Å². The van der Waals surface area contributed by atoms with Crippen LogP contribution in [-0.4, -0.2) is 16.9 Å². The molecule has 0 spiro atoms. The molecule has 1 atom stereocenters. The van der Waals surface area contributed by atoms with Crippen LogP contribution in [0.15, 0.2) is 22.9 Å². The number of aromatic nitrogens is 1. The molecule has 4 nitrogen and oxygen atoms in total. The second-order valence-corrected chi connectivity index (χ2v) is 4.63. The Hall–Kier alpha value is -1.41. The predicted octanol–water partition coefficient (Wildman–Crippen LogP) is 2.12. The van der Waals surface area contributed by atoms with E-state index in [1.54, 1.807) is 12.3 Å². The molecule has 16 heavy (non-hydrogen) atoms. The van der Waals surface area contributed by atoms with Gasteiger partial charge in [0.2, 0.25) is 0 Å². The molecule has 0 radical (unpaired) electrons. The summed E-state index contributed by atoms with van der Waals surface area (Å²) in [5, 5.41) is 11.5. The van der Waals surface area contributed by atoms with Crippen molar-refractivity contribution in [1.29, 1.82) is 5.26 Å². The molecule has 5 heteroatoms. The lowest BCUT2D eigenvalue weighted by molar-refractivity contribution is 0.0937. The second-order valence-electron chi connectivity index (χ2n) is 3.72. The van der Waals surface area contributed by atoms with Gasteiger partial charge in [-0.05, 0) is 27.9 Å². The molecule has 0 aliphatic heterocycles. The Balaban J connectivity index is 2.77. The first kappa shape index (κ1) is 12.7. The Kier molecular flexibility index (Phi) is 4.44. The van der Waals surface area contributed by atoms with Gasteiger partial charge in [0.05, 0.1) is 11.6 Å². The standard InChI is InChI=1S/C11H12BrN3O/c1-7(2)10(4-13)15-11(16)8-3-9(12)6-14-5-8/h3,5-7,10H,1-2H3,(H,15,16). The smallest absolute Gasteiger partial charge is 0.253 e. The molecular formula is C11H12BrN3O. The highest BCUT2D eigenvalue weighted by Gasteiger charge is 2.16. The summed E-state index contributed by atoms with van der Waals surface area (Å²) in [5.74, 6) is -0.205. The van der Waals surface area contributed by atoms with E-state index >= 15 is 0 Å². The number of nitrogens with zero attached hydrogens (tertiary/aromatic N) is 2. The summed E-state index contributed by atoms with van der Waals surface area (Å²) in [4.78, 5) is 15.6. The van der Waals surface area contributed by atoms with Crippen LogP contribution >= 0.6 is 15.9 Å². The van der Waals surface area contributed by atoms with Gasteiger partial charge in [-0.3, -0.25) is 9.78 Å². The molecule has 1 heterocycles. The number of pyridine rings is 1. The fourth-order valence-electron chi connectivity index (χ4n) is 1.11. The van der Waals surface area contributed by atoms with Crippen LogP contribution in [0, 0.1) is 17.2 Å². The van der Waals surface area contributed by atoms with E-state index < -0.39 is 6.04 Å². The summed E-state index contributed by atoms with van der Waals surface area (Å²) in [7, 11) is 0. The molecule has 1 rings (SSSR count). The minimum atomic E-state index is -0.480. The number of hydrogen-bond donors (Lipinski definition) is 1. The highest BCUT2D eigenvalue weighted by atomic mass is 79.9. The maximum atomic E-state index is 11.7. The highest BCUT2D eigenvalue weighted by molar-refractivity contribution is 9.10. The van der Waals surface area contributed by atoms with Gasteiger partial charge in [0.1, 0.15) is 6.04 Å². The number of carbonyl (C=O) groups excluding carboxylic acids is 1. The van der Waals surface area contributed by atoms with Crippen LogP contribution in [0.5, 0.6) is 0 Å². The zero-order chi connectivity index (χ0) is 12.1. The molecule has 0 saturated carbocycles. The lowest BCUT2D eigenvalue weighted by atomic mass is 10.1. The molecule has 0 aromatic carbocycles. The van der Waals surface area contributed by atoms with E-state index in [0.29, 0.717) is 5.56 Å².